The third-order valence-electron chi connectivity index (χ3n) is 0.607. The van der Waals surface area contributed by atoms with E-state index in [0.29, 0.717) is 0 Å². The molecule has 0 heterocycles. The molecule has 1 radical (unpaired) electrons. The van der Waals surface area contributed by atoms with E-state index in [1.807, 2.05) is 36.3 Å². The van der Waals surface area contributed by atoms with Crippen LogP contribution in [0.2, 0.25) is 0 Å². The molecule has 0 N–H and O–H groups in total. The van der Waals surface area contributed by atoms with Gasteiger partial charge >= 0.3 is 0 Å². The van der Waals surface area contributed by atoms with Gasteiger partial charge in [-0.15, -0.1) is 0 Å². The summed E-state index contributed by atoms with van der Waals surface area (Å²) in [7, 11) is 0. The van der Waals surface area contributed by atoms with E-state index >= 15 is 0 Å². The van der Waals surface area contributed by atoms with Crippen molar-refractivity contribution >= 4 is 0 Å². The van der Waals surface area contributed by atoms with Gasteiger partial charge in [0.2, 0.25) is 0 Å². The Bertz CT molecular complexity index is 135. The molecule has 0 saturated heterocycles. The Balaban J connectivity index is 0. The van der Waals surface area contributed by atoms with Crippen molar-refractivity contribution in [2.75, 3.05) is 0 Å². The minimum atomic E-state index is 0. The van der Waals surface area contributed by atoms with Gasteiger partial charge in [-0.25, -0.2) is 0 Å². The molecule has 10 heavy (non-hydrogen) atoms. The molecule has 0 fully saturated rings. The molecular formula is C9H8Y-2. The van der Waals surface area contributed by atoms with Crippen molar-refractivity contribution in [2.45, 2.75) is 0 Å². The van der Waals surface area contributed by atoms with E-state index in [2.05, 4.69) is 19.4 Å². The van der Waals surface area contributed by atoms with Crippen LogP contribution in [0.25, 0.3) is 0 Å². The second kappa shape index (κ2) is 11.5. The molecule has 1 heteroatoms. The second-order valence-corrected chi connectivity index (χ2v) is 1.28. The van der Waals surface area contributed by atoms with Gasteiger partial charge in [0.15, 0.2) is 0 Å². The molecule has 0 aromatic heterocycles. The van der Waals surface area contributed by atoms with Gasteiger partial charge in [0.1, 0.15) is 0 Å². The first-order chi connectivity index (χ1) is 4.41. The van der Waals surface area contributed by atoms with Crippen molar-refractivity contribution in [1.82, 2.24) is 0 Å². The zero-order valence-electron chi connectivity index (χ0n) is 5.75. The summed E-state index contributed by atoms with van der Waals surface area (Å²) < 4.78 is 0. The Hall–Kier alpha value is -0.246. The molecule has 0 nitrogen and oxygen atoms in total. The Morgan fingerprint density at radius 2 is 1.60 bits per heavy atom. The van der Waals surface area contributed by atoms with Crippen LogP contribution in [0, 0.1) is 25.3 Å². The summed E-state index contributed by atoms with van der Waals surface area (Å²) in [6.45, 7) is 3.01. The fraction of sp³-hybridized carbons (Fsp3) is 0. The van der Waals surface area contributed by atoms with Crippen molar-refractivity contribution in [2.24, 2.45) is 0 Å². The molecule has 0 amide bonds. The van der Waals surface area contributed by atoms with E-state index in [4.69, 9.17) is 0 Å². The fourth-order valence-electron chi connectivity index (χ4n) is 0.342. The van der Waals surface area contributed by atoms with Crippen LogP contribution in [0.15, 0.2) is 30.3 Å². The summed E-state index contributed by atoms with van der Waals surface area (Å²) in [6.07, 6.45) is 4.49. The predicted molar refractivity (Wildman–Crippen MR) is 39.5 cm³/mol. The average molecular weight is 205 g/mol. The molecule has 0 aliphatic heterocycles. The summed E-state index contributed by atoms with van der Waals surface area (Å²) >= 11 is 0. The van der Waals surface area contributed by atoms with Crippen LogP contribution in [0.5, 0.6) is 0 Å². The molecule has 0 bridgehead atoms. The molecule has 0 atom stereocenters. The van der Waals surface area contributed by atoms with Gasteiger partial charge in [-0.3, -0.25) is 0 Å². The van der Waals surface area contributed by atoms with E-state index in [1.54, 1.807) is 0 Å². The topological polar surface area (TPSA) is 0 Å². The predicted octanol–water partition coefficient (Wildman–Crippen LogP) is 1.94. The summed E-state index contributed by atoms with van der Waals surface area (Å²) in [5, 5.41) is 0. The maximum absolute atomic E-state index is 4.49. The Morgan fingerprint density at radius 1 is 1.20 bits per heavy atom. The minimum absolute atomic E-state index is 0. The van der Waals surface area contributed by atoms with Crippen LogP contribution in [-0.2, 0) is 32.7 Å². The quantitative estimate of drug-likeness (QED) is 0.448. The van der Waals surface area contributed by atoms with E-state index in [1.165, 1.54) is 0 Å². The molecule has 1 rings (SSSR count). The normalized spacial score (nSPS) is 5.50. The van der Waals surface area contributed by atoms with Crippen molar-refractivity contribution in [1.29, 1.82) is 0 Å². The monoisotopic (exact) mass is 205 g/mol. The molecule has 49 valence electrons. The molecular weight excluding hydrogens is 197 g/mol. The van der Waals surface area contributed by atoms with Crippen molar-refractivity contribution in [3.8, 4) is 12.3 Å². The van der Waals surface area contributed by atoms with Crippen LogP contribution >= 0.6 is 0 Å². The largest absolute Gasteiger partial charge is 0.345 e. The molecule has 1 aromatic rings. The zero-order valence-corrected chi connectivity index (χ0v) is 8.59. The molecule has 0 aliphatic carbocycles. The van der Waals surface area contributed by atoms with Gasteiger partial charge in [-0.05, 0) is 0 Å². The Kier molecular flexibility index (Phi) is 14.3. The van der Waals surface area contributed by atoms with Gasteiger partial charge in [0, 0.05) is 32.7 Å². The van der Waals surface area contributed by atoms with Gasteiger partial charge in [0.05, 0.1) is 0 Å². The van der Waals surface area contributed by atoms with Gasteiger partial charge in [0.25, 0.3) is 0 Å². The van der Waals surface area contributed by atoms with Crippen molar-refractivity contribution < 1.29 is 32.7 Å². The summed E-state index contributed by atoms with van der Waals surface area (Å²) in [6, 6.07) is 12.5. The summed E-state index contributed by atoms with van der Waals surface area (Å²) in [4.78, 5) is 0. The first-order valence-electron chi connectivity index (χ1n) is 2.55. The van der Waals surface area contributed by atoms with Gasteiger partial charge < -0.3 is 12.3 Å². The van der Waals surface area contributed by atoms with Crippen LogP contribution in [0.4, 0.5) is 0 Å². The van der Waals surface area contributed by atoms with Crippen molar-refractivity contribution in [3.05, 3.63) is 43.3 Å². The SMILES string of the molecule is C#C[CH2-].[Y].[c-]1ccccc1. The molecule has 0 spiro atoms. The van der Waals surface area contributed by atoms with Crippen LogP contribution in [0.1, 0.15) is 0 Å². The van der Waals surface area contributed by atoms with Crippen molar-refractivity contribution in [3.63, 3.8) is 0 Å². The first kappa shape index (κ1) is 12.4. The summed E-state index contributed by atoms with van der Waals surface area (Å²) in [5.41, 5.74) is 0. The van der Waals surface area contributed by atoms with E-state index < -0.39 is 0 Å². The first-order valence-corrected chi connectivity index (χ1v) is 2.55. The minimum Gasteiger partial charge on any atom is -0.345 e. The number of hydrogen-bond acceptors (Lipinski definition) is 0. The molecule has 0 aliphatic rings. The molecule has 1 aromatic carbocycles. The fourth-order valence-corrected chi connectivity index (χ4v) is 0.342. The maximum Gasteiger partial charge on any atom is 0 e. The number of terminal acetylenes is 1. The van der Waals surface area contributed by atoms with E-state index in [-0.39, 0.29) is 32.7 Å². The van der Waals surface area contributed by atoms with Crippen LogP contribution < -0.4 is 0 Å². The van der Waals surface area contributed by atoms with Crippen LogP contribution in [0.3, 0.4) is 0 Å². The number of benzene rings is 1. The van der Waals surface area contributed by atoms with E-state index in [9.17, 15) is 0 Å². The molecule has 0 unspecified atom stereocenters. The summed E-state index contributed by atoms with van der Waals surface area (Å²) in [5.74, 6) is 2.00. The standard InChI is InChI=1S/C6H5.C3H3.Y/c1-2-4-6-5-3-1;1-3-2;/h1-5H;1H,2H2;/q2*-1;. The van der Waals surface area contributed by atoms with Crippen LogP contribution in [-0.4, -0.2) is 0 Å². The number of hydrogen-bond donors (Lipinski definition) is 0. The maximum atomic E-state index is 4.49. The smallest absolute Gasteiger partial charge is 0 e. The second-order valence-electron chi connectivity index (χ2n) is 1.28. The zero-order chi connectivity index (χ0) is 6.95. The third-order valence-corrected chi connectivity index (χ3v) is 0.607. The average Bonchev–Trinajstić information content (AvgIpc) is 1.93. The molecule has 0 saturated carbocycles. The van der Waals surface area contributed by atoms with E-state index in [0.717, 1.165) is 0 Å². The number of rotatable bonds is 0. The third kappa shape index (κ3) is 10.7. The Labute approximate surface area is 87.9 Å². The van der Waals surface area contributed by atoms with Gasteiger partial charge in [-0.2, -0.15) is 43.3 Å². The van der Waals surface area contributed by atoms with Gasteiger partial charge in [-0.1, -0.05) is 0 Å². The Morgan fingerprint density at radius 3 is 1.70 bits per heavy atom.